The molecule has 1 aromatic carbocycles. The molecule has 2 aromatic rings. The first kappa shape index (κ1) is 14.5. The maximum atomic E-state index is 11.3. The molecule has 2 N–H and O–H groups in total. The van der Waals surface area contributed by atoms with Crippen molar-refractivity contribution in [2.45, 2.75) is 13.3 Å². The number of carboxylic acids is 1. The predicted molar refractivity (Wildman–Crippen MR) is 78.4 cm³/mol. The van der Waals surface area contributed by atoms with Crippen molar-refractivity contribution < 1.29 is 14.7 Å². The molecule has 1 aromatic heterocycles. The van der Waals surface area contributed by atoms with Crippen LogP contribution in [0, 0.1) is 0 Å². The Kier molecular flexibility index (Phi) is 4.36. The highest BCUT2D eigenvalue weighted by Crippen LogP contribution is 2.31. The molecule has 0 spiro atoms. The molecule has 0 radical (unpaired) electrons. The molecule has 5 nitrogen and oxygen atoms in total. The molecule has 0 aliphatic rings. The number of nitrogens with zero attached hydrogens (tertiary/aromatic N) is 1. The Morgan fingerprint density at radius 3 is 2.55 bits per heavy atom. The summed E-state index contributed by atoms with van der Waals surface area (Å²) in [6.45, 7) is 1.71. The summed E-state index contributed by atoms with van der Waals surface area (Å²) >= 11 is 6.74. The number of carbonyl (C=O) groups is 2. The molecule has 0 saturated carbocycles. The lowest BCUT2D eigenvalue weighted by Crippen LogP contribution is -2.08. The Hall–Kier alpha value is -1.92. The first-order chi connectivity index (χ1) is 9.51. The largest absolute Gasteiger partial charge is 0.477 e. The Bertz CT molecular complexity index is 652. The third-order valence-corrected chi connectivity index (χ3v) is 3.72. The average molecular weight is 311 g/mol. The van der Waals surface area contributed by atoms with Gasteiger partial charge in [-0.05, 0) is 12.1 Å². The monoisotopic (exact) mass is 310 g/mol. The standard InChI is InChI=1S/C13H11ClN2O3S/c1-2-9(17)15-13-16-10(11(20-13)12(18)19)7-3-5-8(14)6-4-7/h3-6H,2H2,1H3,(H,18,19)(H,15,16,17). The van der Waals surface area contributed by atoms with E-state index in [0.29, 0.717) is 22.7 Å². The van der Waals surface area contributed by atoms with Crippen LogP contribution < -0.4 is 5.32 Å². The normalized spacial score (nSPS) is 10.3. The lowest BCUT2D eigenvalue weighted by molar-refractivity contribution is -0.115. The van der Waals surface area contributed by atoms with Crippen molar-refractivity contribution in [1.82, 2.24) is 4.98 Å². The quantitative estimate of drug-likeness (QED) is 0.905. The zero-order valence-corrected chi connectivity index (χ0v) is 12.1. The highest BCUT2D eigenvalue weighted by atomic mass is 35.5. The van der Waals surface area contributed by atoms with Crippen LogP contribution in [-0.2, 0) is 4.79 Å². The van der Waals surface area contributed by atoms with Gasteiger partial charge in [-0.2, -0.15) is 0 Å². The van der Waals surface area contributed by atoms with Gasteiger partial charge < -0.3 is 10.4 Å². The Balaban J connectivity index is 2.43. The summed E-state index contributed by atoms with van der Waals surface area (Å²) in [5.41, 5.74) is 0.964. The minimum absolute atomic E-state index is 0.0822. The summed E-state index contributed by atoms with van der Waals surface area (Å²) in [6.07, 6.45) is 0.304. The second-order valence-corrected chi connectivity index (χ2v) is 5.35. The van der Waals surface area contributed by atoms with Gasteiger partial charge >= 0.3 is 5.97 Å². The number of carbonyl (C=O) groups excluding carboxylic acids is 1. The van der Waals surface area contributed by atoms with Crippen molar-refractivity contribution in [2.75, 3.05) is 5.32 Å². The van der Waals surface area contributed by atoms with E-state index < -0.39 is 5.97 Å². The molecule has 1 heterocycles. The number of benzene rings is 1. The van der Waals surface area contributed by atoms with Gasteiger partial charge in [0.05, 0.1) is 5.69 Å². The van der Waals surface area contributed by atoms with Gasteiger partial charge in [-0.25, -0.2) is 9.78 Å². The van der Waals surface area contributed by atoms with Crippen molar-refractivity contribution in [1.29, 1.82) is 0 Å². The zero-order valence-electron chi connectivity index (χ0n) is 10.5. The van der Waals surface area contributed by atoms with Gasteiger partial charge in [0.2, 0.25) is 5.91 Å². The molecule has 0 saturated heterocycles. The number of aromatic nitrogens is 1. The van der Waals surface area contributed by atoms with Crippen LogP contribution in [0.15, 0.2) is 24.3 Å². The number of anilines is 1. The number of aromatic carboxylic acids is 1. The summed E-state index contributed by atoms with van der Waals surface area (Å²) in [7, 11) is 0. The molecule has 0 aliphatic carbocycles. The number of hydrogen-bond acceptors (Lipinski definition) is 4. The van der Waals surface area contributed by atoms with Gasteiger partial charge in [0.1, 0.15) is 4.88 Å². The molecular weight excluding hydrogens is 300 g/mol. The van der Waals surface area contributed by atoms with Crippen molar-refractivity contribution in [2.24, 2.45) is 0 Å². The topological polar surface area (TPSA) is 79.3 Å². The van der Waals surface area contributed by atoms with Gasteiger partial charge in [-0.1, -0.05) is 42.0 Å². The molecule has 104 valence electrons. The van der Waals surface area contributed by atoms with E-state index in [2.05, 4.69) is 10.3 Å². The fourth-order valence-electron chi connectivity index (χ4n) is 1.53. The van der Waals surface area contributed by atoms with Crippen LogP contribution in [0.1, 0.15) is 23.0 Å². The highest BCUT2D eigenvalue weighted by Gasteiger charge is 2.19. The van der Waals surface area contributed by atoms with Crippen molar-refractivity contribution >= 4 is 39.9 Å². The summed E-state index contributed by atoms with van der Waals surface area (Å²) in [4.78, 5) is 26.9. The highest BCUT2D eigenvalue weighted by molar-refractivity contribution is 7.18. The molecule has 0 fully saturated rings. The van der Waals surface area contributed by atoms with Crippen LogP contribution in [0.2, 0.25) is 5.02 Å². The SMILES string of the molecule is CCC(=O)Nc1nc(-c2ccc(Cl)cc2)c(C(=O)O)s1. The van der Waals surface area contributed by atoms with E-state index in [9.17, 15) is 14.7 Å². The first-order valence-electron chi connectivity index (χ1n) is 5.81. The fourth-order valence-corrected chi connectivity index (χ4v) is 2.50. The van der Waals surface area contributed by atoms with Crippen molar-refractivity contribution in [3.8, 4) is 11.3 Å². The summed E-state index contributed by atoms with van der Waals surface area (Å²) < 4.78 is 0. The third kappa shape index (κ3) is 3.15. The van der Waals surface area contributed by atoms with Crippen LogP contribution in [0.25, 0.3) is 11.3 Å². The second-order valence-electron chi connectivity index (χ2n) is 3.91. The number of amides is 1. The number of rotatable bonds is 4. The van der Waals surface area contributed by atoms with Gasteiger partial charge in [0, 0.05) is 17.0 Å². The Morgan fingerprint density at radius 2 is 2.00 bits per heavy atom. The van der Waals surface area contributed by atoms with Crippen LogP contribution in [0.3, 0.4) is 0 Å². The van der Waals surface area contributed by atoms with E-state index in [1.54, 1.807) is 31.2 Å². The Morgan fingerprint density at radius 1 is 1.35 bits per heavy atom. The van der Waals surface area contributed by atoms with Gasteiger partial charge in [-0.15, -0.1) is 0 Å². The molecule has 0 bridgehead atoms. The number of thiazole rings is 1. The summed E-state index contributed by atoms with van der Waals surface area (Å²) in [5.74, 6) is -1.29. The van der Waals surface area contributed by atoms with Crippen LogP contribution in [-0.4, -0.2) is 22.0 Å². The molecule has 1 amide bonds. The lowest BCUT2D eigenvalue weighted by Gasteiger charge is -1.99. The maximum Gasteiger partial charge on any atom is 0.348 e. The Labute approximate surface area is 124 Å². The van der Waals surface area contributed by atoms with Crippen molar-refractivity contribution in [3.63, 3.8) is 0 Å². The number of halogens is 1. The molecular formula is C13H11ClN2O3S. The minimum atomic E-state index is -1.08. The molecule has 0 atom stereocenters. The summed E-state index contributed by atoms with van der Waals surface area (Å²) in [6, 6.07) is 6.70. The van der Waals surface area contributed by atoms with Gasteiger partial charge in [0.15, 0.2) is 5.13 Å². The van der Waals surface area contributed by atoms with E-state index in [1.165, 1.54) is 0 Å². The fraction of sp³-hybridized carbons (Fsp3) is 0.154. The van der Waals surface area contributed by atoms with E-state index in [4.69, 9.17) is 11.6 Å². The molecule has 7 heteroatoms. The van der Waals surface area contributed by atoms with E-state index in [-0.39, 0.29) is 15.9 Å². The molecule has 0 unspecified atom stereocenters. The maximum absolute atomic E-state index is 11.3. The second kappa shape index (κ2) is 6.02. The van der Waals surface area contributed by atoms with E-state index in [0.717, 1.165) is 11.3 Å². The van der Waals surface area contributed by atoms with E-state index >= 15 is 0 Å². The lowest BCUT2D eigenvalue weighted by atomic mass is 10.1. The molecule has 0 aliphatic heterocycles. The number of hydrogen-bond donors (Lipinski definition) is 2. The van der Waals surface area contributed by atoms with Gasteiger partial charge in [0.25, 0.3) is 0 Å². The zero-order chi connectivity index (χ0) is 14.7. The molecule has 20 heavy (non-hydrogen) atoms. The molecule has 2 rings (SSSR count). The average Bonchev–Trinajstić information content (AvgIpc) is 2.83. The summed E-state index contributed by atoms with van der Waals surface area (Å²) in [5, 5.41) is 12.6. The third-order valence-electron chi connectivity index (χ3n) is 2.51. The van der Waals surface area contributed by atoms with Crippen LogP contribution in [0.4, 0.5) is 5.13 Å². The first-order valence-corrected chi connectivity index (χ1v) is 7.00. The minimum Gasteiger partial charge on any atom is -0.477 e. The number of nitrogens with one attached hydrogen (secondary N) is 1. The predicted octanol–water partition coefficient (Wildman–Crippen LogP) is 3.51. The van der Waals surface area contributed by atoms with Gasteiger partial charge in [-0.3, -0.25) is 4.79 Å². The van der Waals surface area contributed by atoms with E-state index in [1.807, 2.05) is 0 Å². The number of carboxylic acid groups (broad SMARTS) is 1. The smallest absolute Gasteiger partial charge is 0.348 e. The van der Waals surface area contributed by atoms with Crippen molar-refractivity contribution in [3.05, 3.63) is 34.2 Å². The van der Waals surface area contributed by atoms with Crippen LogP contribution in [0.5, 0.6) is 0 Å². The van der Waals surface area contributed by atoms with Crippen LogP contribution >= 0.6 is 22.9 Å².